The molecule has 2 heterocycles. The lowest BCUT2D eigenvalue weighted by Crippen LogP contribution is -2.42. The fourth-order valence-corrected chi connectivity index (χ4v) is 3.17. The Balaban J connectivity index is 2.04. The Morgan fingerprint density at radius 3 is 2.48 bits per heavy atom. The van der Waals surface area contributed by atoms with E-state index in [4.69, 9.17) is 4.52 Å². The second kappa shape index (κ2) is 8.43. The number of nitrogens with one attached hydrogen (secondary N) is 1. The molecule has 2 aromatic heterocycles. The Kier molecular flexibility index (Phi) is 5.96. The van der Waals surface area contributed by atoms with Crippen molar-refractivity contribution in [1.82, 2.24) is 20.4 Å². The van der Waals surface area contributed by atoms with Gasteiger partial charge in [-0.15, -0.1) is 0 Å². The maximum Gasteiger partial charge on any atom is 0.259 e. The summed E-state index contributed by atoms with van der Waals surface area (Å²) in [5, 5.41) is 7.39. The van der Waals surface area contributed by atoms with Crippen molar-refractivity contribution < 1.29 is 14.1 Å². The molecule has 2 amide bonds. The fourth-order valence-electron chi connectivity index (χ4n) is 3.17. The molecule has 0 saturated carbocycles. The summed E-state index contributed by atoms with van der Waals surface area (Å²) in [7, 11) is 0. The van der Waals surface area contributed by atoms with Gasteiger partial charge < -0.3 is 14.7 Å². The van der Waals surface area contributed by atoms with Crippen LogP contribution in [0.15, 0.2) is 34.9 Å². The van der Waals surface area contributed by atoms with Crippen LogP contribution in [0.1, 0.15) is 42.4 Å². The summed E-state index contributed by atoms with van der Waals surface area (Å²) in [6.45, 7) is 9.79. The van der Waals surface area contributed by atoms with Crippen LogP contribution in [0, 0.1) is 13.8 Å². The highest BCUT2D eigenvalue weighted by Gasteiger charge is 2.24. The number of fused-ring (bicyclic) bond motifs is 1. The molecule has 7 heteroatoms. The van der Waals surface area contributed by atoms with Gasteiger partial charge in [0.2, 0.25) is 5.91 Å². The van der Waals surface area contributed by atoms with Crippen molar-refractivity contribution in [2.45, 2.75) is 40.7 Å². The number of hydrogen-bond acceptors (Lipinski definition) is 5. The molecule has 29 heavy (non-hydrogen) atoms. The molecule has 0 aliphatic rings. The van der Waals surface area contributed by atoms with Gasteiger partial charge in [-0.25, -0.2) is 4.98 Å². The predicted molar refractivity (Wildman–Crippen MR) is 112 cm³/mol. The van der Waals surface area contributed by atoms with Gasteiger partial charge in [-0.05, 0) is 40.7 Å². The summed E-state index contributed by atoms with van der Waals surface area (Å²) >= 11 is 0. The monoisotopic (exact) mass is 394 g/mol. The second-order valence-electron chi connectivity index (χ2n) is 7.41. The van der Waals surface area contributed by atoms with Crippen LogP contribution >= 0.6 is 0 Å². The van der Waals surface area contributed by atoms with Crippen LogP contribution < -0.4 is 5.32 Å². The van der Waals surface area contributed by atoms with Gasteiger partial charge in [-0.2, -0.15) is 0 Å². The molecule has 0 bridgehead atoms. The maximum atomic E-state index is 13.3. The number of nitrogens with zero attached hydrogens (tertiary/aromatic N) is 3. The Labute approximate surface area is 170 Å². The van der Waals surface area contributed by atoms with Crippen LogP contribution in [0.4, 0.5) is 0 Å². The number of carbonyl (C=O) groups is 2. The number of aromatic nitrogens is 2. The molecule has 0 aliphatic heterocycles. The standard InChI is InChI=1S/C22H26N4O3/c1-6-26(12-19(27)23-13(2)3)22(28)17-11-18(16-9-7-14(4)8-10-16)24-21-20(17)15(5)25-29-21/h7-11,13H,6,12H2,1-5H3,(H,23,27). The van der Waals surface area contributed by atoms with Crippen molar-refractivity contribution in [2.24, 2.45) is 0 Å². The molecular formula is C22H26N4O3. The van der Waals surface area contributed by atoms with Gasteiger partial charge in [-0.1, -0.05) is 35.0 Å². The normalized spacial score (nSPS) is 11.1. The Morgan fingerprint density at radius 2 is 1.86 bits per heavy atom. The van der Waals surface area contributed by atoms with E-state index in [-0.39, 0.29) is 24.4 Å². The van der Waals surface area contributed by atoms with Crippen molar-refractivity contribution >= 4 is 22.9 Å². The topological polar surface area (TPSA) is 88.3 Å². The number of aryl methyl sites for hydroxylation is 2. The first-order valence-corrected chi connectivity index (χ1v) is 9.72. The Bertz CT molecular complexity index is 1040. The minimum absolute atomic E-state index is 0.0115. The van der Waals surface area contributed by atoms with Gasteiger partial charge in [0.25, 0.3) is 11.6 Å². The van der Waals surface area contributed by atoms with Crippen LogP contribution in [0.2, 0.25) is 0 Å². The molecule has 1 N–H and O–H groups in total. The van der Waals surface area contributed by atoms with E-state index in [0.717, 1.165) is 11.1 Å². The highest BCUT2D eigenvalue weighted by Crippen LogP contribution is 2.28. The lowest BCUT2D eigenvalue weighted by atomic mass is 10.0. The molecule has 7 nitrogen and oxygen atoms in total. The van der Waals surface area contributed by atoms with Gasteiger partial charge in [0, 0.05) is 18.2 Å². The van der Waals surface area contributed by atoms with Crippen LogP contribution in [-0.4, -0.2) is 46.0 Å². The van der Waals surface area contributed by atoms with Gasteiger partial charge in [0.05, 0.1) is 28.9 Å². The number of carbonyl (C=O) groups excluding carboxylic acids is 2. The lowest BCUT2D eigenvalue weighted by Gasteiger charge is -2.21. The molecule has 0 atom stereocenters. The van der Waals surface area contributed by atoms with E-state index in [1.807, 2.05) is 52.0 Å². The Morgan fingerprint density at radius 1 is 1.17 bits per heavy atom. The number of pyridine rings is 1. The molecule has 152 valence electrons. The van der Waals surface area contributed by atoms with Crippen molar-refractivity contribution in [1.29, 1.82) is 0 Å². The third kappa shape index (κ3) is 4.45. The summed E-state index contributed by atoms with van der Waals surface area (Å²) in [5.74, 6) is -0.445. The van der Waals surface area contributed by atoms with Gasteiger partial charge in [0.1, 0.15) is 0 Å². The summed E-state index contributed by atoms with van der Waals surface area (Å²) < 4.78 is 5.36. The number of likely N-dealkylation sites (N-methyl/N-ethyl adjacent to an activating group) is 1. The van der Waals surface area contributed by atoms with Crippen molar-refractivity contribution in [3.8, 4) is 11.3 Å². The van der Waals surface area contributed by atoms with Crippen LogP contribution in [0.25, 0.3) is 22.4 Å². The first-order valence-electron chi connectivity index (χ1n) is 9.72. The number of amides is 2. The van der Waals surface area contributed by atoms with Gasteiger partial charge in [0.15, 0.2) is 0 Å². The third-order valence-corrected chi connectivity index (χ3v) is 4.65. The predicted octanol–water partition coefficient (Wildman–Crippen LogP) is 3.49. The van der Waals surface area contributed by atoms with E-state index < -0.39 is 0 Å². The van der Waals surface area contributed by atoms with Crippen LogP contribution in [-0.2, 0) is 4.79 Å². The zero-order valence-corrected chi connectivity index (χ0v) is 17.4. The molecule has 3 aromatic rings. The third-order valence-electron chi connectivity index (χ3n) is 4.65. The molecule has 0 spiro atoms. The zero-order chi connectivity index (χ0) is 21.1. The van der Waals surface area contributed by atoms with Crippen LogP contribution in [0.5, 0.6) is 0 Å². The number of benzene rings is 1. The van der Waals surface area contributed by atoms with Crippen molar-refractivity contribution in [2.75, 3.05) is 13.1 Å². The maximum absolute atomic E-state index is 13.3. The molecule has 0 radical (unpaired) electrons. The first-order chi connectivity index (χ1) is 13.8. The molecule has 1 aromatic carbocycles. The lowest BCUT2D eigenvalue weighted by molar-refractivity contribution is -0.122. The van der Waals surface area contributed by atoms with E-state index in [2.05, 4.69) is 15.5 Å². The zero-order valence-electron chi connectivity index (χ0n) is 17.4. The minimum Gasteiger partial charge on any atom is -0.352 e. The summed E-state index contributed by atoms with van der Waals surface area (Å²) in [5.41, 5.74) is 3.97. The highest BCUT2D eigenvalue weighted by atomic mass is 16.5. The molecule has 0 fully saturated rings. The summed E-state index contributed by atoms with van der Waals surface area (Å²) in [4.78, 5) is 31.6. The Hall–Kier alpha value is -3.22. The van der Waals surface area contributed by atoms with Crippen molar-refractivity contribution in [3.63, 3.8) is 0 Å². The summed E-state index contributed by atoms with van der Waals surface area (Å²) in [6.07, 6.45) is 0. The average Bonchev–Trinajstić information content (AvgIpc) is 3.06. The molecular weight excluding hydrogens is 368 g/mol. The second-order valence-corrected chi connectivity index (χ2v) is 7.41. The highest BCUT2D eigenvalue weighted by molar-refractivity contribution is 6.07. The molecule has 0 unspecified atom stereocenters. The fraction of sp³-hybridized carbons (Fsp3) is 0.364. The van der Waals surface area contributed by atoms with E-state index in [9.17, 15) is 9.59 Å². The van der Waals surface area contributed by atoms with E-state index in [1.54, 1.807) is 13.0 Å². The van der Waals surface area contributed by atoms with Gasteiger partial charge >= 0.3 is 0 Å². The first kappa shape index (κ1) is 20.5. The van der Waals surface area contributed by atoms with E-state index in [0.29, 0.717) is 34.6 Å². The molecule has 0 saturated heterocycles. The quantitative estimate of drug-likeness (QED) is 0.691. The number of rotatable bonds is 6. The van der Waals surface area contributed by atoms with Gasteiger partial charge in [-0.3, -0.25) is 9.59 Å². The van der Waals surface area contributed by atoms with E-state index in [1.165, 1.54) is 4.90 Å². The summed E-state index contributed by atoms with van der Waals surface area (Å²) in [6, 6.07) is 9.65. The molecule has 3 rings (SSSR count). The minimum atomic E-state index is -0.251. The number of hydrogen-bond donors (Lipinski definition) is 1. The SMILES string of the molecule is CCN(CC(=O)NC(C)C)C(=O)c1cc(-c2ccc(C)cc2)nc2onc(C)c12. The van der Waals surface area contributed by atoms with Crippen LogP contribution in [0.3, 0.4) is 0 Å². The molecule has 0 aliphatic carbocycles. The smallest absolute Gasteiger partial charge is 0.259 e. The largest absolute Gasteiger partial charge is 0.352 e. The van der Waals surface area contributed by atoms with E-state index >= 15 is 0 Å². The van der Waals surface area contributed by atoms with Crippen molar-refractivity contribution in [3.05, 3.63) is 47.2 Å². The average molecular weight is 394 g/mol.